The van der Waals surface area contributed by atoms with Crippen LogP contribution in [0.3, 0.4) is 0 Å². The molecule has 4 N–H and O–H groups in total. The lowest BCUT2D eigenvalue weighted by atomic mass is 10.1. The van der Waals surface area contributed by atoms with Crippen molar-refractivity contribution in [2.75, 3.05) is 32.6 Å². The molecule has 28 heavy (non-hydrogen) atoms. The first kappa shape index (κ1) is 20.0. The Bertz CT molecular complexity index is 837. The zero-order valence-electron chi connectivity index (χ0n) is 15.9. The summed E-state index contributed by atoms with van der Waals surface area (Å²) in [5.41, 5.74) is 6.16. The van der Waals surface area contributed by atoms with Gasteiger partial charge in [0, 0.05) is 23.5 Å². The second-order valence-electron chi connectivity index (χ2n) is 6.66. The quantitative estimate of drug-likeness (QED) is 0.710. The molecule has 1 aliphatic heterocycles. The molecule has 0 spiro atoms. The lowest BCUT2D eigenvalue weighted by Gasteiger charge is -2.29. The van der Waals surface area contributed by atoms with Crippen molar-refractivity contribution in [1.82, 2.24) is 10.2 Å². The van der Waals surface area contributed by atoms with Crippen LogP contribution in [0.25, 0.3) is 10.4 Å². The Morgan fingerprint density at radius 3 is 2.68 bits per heavy atom. The van der Waals surface area contributed by atoms with Gasteiger partial charge in [0.25, 0.3) is 0 Å². The van der Waals surface area contributed by atoms with E-state index >= 15 is 0 Å². The number of likely N-dealkylation sites (N-methyl/N-ethyl adjacent to an activating group) is 1. The third-order valence-corrected chi connectivity index (χ3v) is 5.54. The minimum Gasteiger partial charge on any atom is -0.497 e. The number of ether oxygens (including phenoxy) is 2. The molecule has 3 rings (SSSR count). The number of hydrogen-bond acceptors (Lipinski definition) is 6. The Hall–Kier alpha value is -2.78. The molecule has 8 nitrogen and oxygen atoms in total. The van der Waals surface area contributed by atoms with Gasteiger partial charge < -0.3 is 25.4 Å². The van der Waals surface area contributed by atoms with E-state index in [1.54, 1.807) is 13.2 Å². The molecular weight excluding hydrogens is 380 g/mol. The molecule has 1 fully saturated rings. The van der Waals surface area contributed by atoms with Crippen molar-refractivity contribution in [3.05, 3.63) is 30.3 Å². The fourth-order valence-corrected chi connectivity index (χ4v) is 4.12. The van der Waals surface area contributed by atoms with E-state index < -0.39 is 12.1 Å². The summed E-state index contributed by atoms with van der Waals surface area (Å²) >= 11 is 1.28. The first-order chi connectivity index (χ1) is 13.4. The third kappa shape index (κ3) is 5.14. The van der Waals surface area contributed by atoms with Gasteiger partial charge >= 0.3 is 12.1 Å². The molecule has 0 saturated carbocycles. The molecule has 1 aliphatic rings. The van der Waals surface area contributed by atoms with E-state index in [1.807, 2.05) is 31.3 Å². The predicted molar refractivity (Wildman–Crippen MR) is 109 cm³/mol. The average molecular weight is 404 g/mol. The van der Waals surface area contributed by atoms with Crippen LogP contribution in [-0.2, 0) is 0 Å². The van der Waals surface area contributed by atoms with Gasteiger partial charge in [-0.15, -0.1) is 11.3 Å². The summed E-state index contributed by atoms with van der Waals surface area (Å²) in [6.07, 6.45) is 1.38. The molecule has 0 radical (unpaired) electrons. The predicted octanol–water partition coefficient (Wildman–Crippen LogP) is 3.10. The minimum atomic E-state index is -0.720. The standard InChI is InChI=1S/C19H24N4O4S/c1-23-9-3-4-13(11-23)21-19(25)27-15-10-16(28-17(15)22-18(20)24)12-5-7-14(26-2)8-6-12/h5-8,10,13H,3-4,9,11H2,1-2H3,(H,21,25)(H3,20,22,24)/t13-/m0/s1. The molecule has 2 aromatic rings. The van der Waals surface area contributed by atoms with Crippen LogP contribution in [0.5, 0.6) is 11.5 Å². The van der Waals surface area contributed by atoms with Crippen molar-refractivity contribution in [3.63, 3.8) is 0 Å². The number of urea groups is 1. The second-order valence-corrected chi connectivity index (χ2v) is 7.71. The van der Waals surface area contributed by atoms with E-state index in [1.165, 1.54) is 11.3 Å². The summed E-state index contributed by atoms with van der Waals surface area (Å²) in [5.74, 6) is 1.00. The Morgan fingerprint density at radius 1 is 1.29 bits per heavy atom. The summed E-state index contributed by atoms with van der Waals surface area (Å²) < 4.78 is 10.6. The van der Waals surface area contributed by atoms with Gasteiger partial charge in [-0.3, -0.25) is 5.32 Å². The smallest absolute Gasteiger partial charge is 0.412 e. The monoisotopic (exact) mass is 404 g/mol. The van der Waals surface area contributed by atoms with Gasteiger partial charge in [-0.25, -0.2) is 9.59 Å². The van der Waals surface area contributed by atoms with Crippen molar-refractivity contribution in [3.8, 4) is 21.9 Å². The number of benzene rings is 1. The van der Waals surface area contributed by atoms with Gasteiger partial charge in [0.05, 0.1) is 7.11 Å². The van der Waals surface area contributed by atoms with E-state index in [2.05, 4.69) is 15.5 Å². The first-order valence-corrected chi connectivity index (χ1v) is 9.78. The number of nitrogens with one attached hydrogen (secondary N) is 2. The van der Waals surface area contributed by atoms with Gasteiger partial charge in [-0.2, -0.15) is 0 Å². The van der Waals surface area contributed by atoms with Crippen LogP contribution in [-0.4, -0.2) is 50.3 Å². The molecule has 0 aliphatic carbocycles. The number of rotatable bonds is 5. The molecule has 2 heterocycles. The topological polar surface area (TPSA) is 106 Å². The molecule has 1 atom stereocenters. The largest absolute Gasteiger partial charge is 0.497 e. The number of nitrogens with zero attached hydrogens (tertiary/aromatic N) is 1. The summed E-state index contributed by atoms with van der Waals surface area (Å²) in [6, 6.07) is 8.48. The zero-order chi connectivity index (χ0) is 20.1. The van der Waals surface area contributed by atoms with Crippen molar-refractivity contribution in [2.45, 2.75) is 18.9 Å². The van der Waals surface area contributed by atoms with Gasteiger partial charge in [0.2, 0.25) is 0 Å². The van der Waals surface area contributed by atoms with E-state index in [9.17, 15) is 9.59 Å². The van der Waals surface area contributed by atoms with Crippen LogP contribution in [0.1, 0.15) is 12.8 Å². The highest BCUT2D eigenvalue weighted by Crippen LogP contribution is 2.41. The van der Waals surface area contributed by atoms with Crippen LogP contribution >= 0.6 is 11.3 Å². The SMILES string of the molecule is COc1ccc(-c2cc(OC(=O)N[C@H]3CCCN(C)C3)c(NC(N)=O)s2)cc1. The molecule has 0 bridgehead atoms. The van der Waals surface area contributed by atoms with Crippen molar-refractivity contribution in [2.24, 2.45) is 5.73 Å². The van der Waals surface area contributed by atoms with Crippen molar-refractivity contribution >= 4 is 28.5 Å². The molecule has 9 heteroatoms. The maximum absolute atomic E-state index is 12.3. The average Bonchev–Trinajstić information content (AvgIpc) is 3.03. The van der Waals surface area contributed by atoms with Gasteiger partial charge in [0.1, 0.15) is 10.8 Å². The number of amides is 3. The van der Waals surface area contributed by atoms with Crippen molar-refractivity contribution in [1.29, 1.82) is 0 Å². The summed E-state index contributed by atoms with van der Waals surface area (Å²) in [7, 11) is 3.62. The fourth-order valence-electron chi connectivity index (χ4n) is 3.13. The lowest BCUT2D eigenvalue weighted by molar-refractivity contribution is 0.179. The third-order valence-electron chi connectivity index (χ3n) is 4.46. The fraction of sp³-hybridized carbons (Fsp3) is 0.368. The number of piperidine rings is 1. The number of thiophene rings is 1. The number of carbonyl (C=O) groups is 2. The summed E-state index contributed by atoms with van der Waals surface area (Å²) in [5, 5.41) is 5.79. The minimum absolute atomic E-state index is 0.0403. The number of carbonyl (C=O) groups excluding carboxylic acids is 2. The molecule has 150 valence electrons. The molecule has 1 aromatic carbocycles. The van der Waals surface area contributed by atoms with E-state index in [4.69, 9.17) is 15.2 Å². The number of nitrogens with two attached hydrogens (primary N) is 1. The van der Waals surface area contributed by atoms with E-state index in [0.29, 0.717) is 5.00 Å². The first-order valence-electron chi connectivity index (χ1n) is 8.96. The highest BCUT2D eigenvalue weighted by atomic mass is 32.1. The van der Waals surface area contributed by atoms with Crippen LogP contribution < -0.4 is 25.8 Å². The maximum Gasteiger partial charge on any atom is 0.412 e. The Balaban J connectivity index is 1.75. The Kier molecular flexibility index (Phi) is 6.37. The van der Waals surface area contributed by atoms with Crippen LogP contribution in [0.4, 0.5) is 14.6 Å². The molecule has 0 unspecified atom stereocenters. The molecule has 1 saturated heterocycles. The Labute approximate surface area is 167 Å². The number of anilines is 1. The molecule has 1 aromatic heterocycles. The number of primary amides is 1. The van der Waals surface area contributed by atoms with E-state index in [-0.39, 0.29) is 11.8 Å². The van der Waals surface area contributed by atoms with Gasteiger partial charge in [-0.1, -0.05) is 0 Å². The number of methoxy groups -OCH3 is 1. The summed E-state index contributed by atoms with van der Waals surface area (Å²) in [4.78, 5) is 26.7. The van der Waals surface area contributed by atoms with Crippen LogP contribution in [0.2, 0.25) is 0 Å². The normalized spacial score (nSPS) is 17.0. The number of hydrogen-bond donors (Lipinski definition) is 3. The molecule has 3 amide bonds. The van der Waals surface area contributed by atoms with E-state index in [0.717, 1.165) is 42.1 Å². The van der Waals surface area contributed by atoms with Gasteiger partial charge in [-0.05, 0) is 56.3 Å². The van der Waals surface area contributed by atoms with Crippen LogP contribution in [0.15, 0.2) is 30.3 Å². The lowest BCUT2D eigenvalue weighted by Crippen LogP contribution is -2.47. The van der Waals surface area contributed by atoms with Crippen molar-refractivity contribution < 1.29 is 19.1 Å². The highest BCUT2D eigenvalue weighted by Gasteiger charge is 2.22. The maximum atomic E-state index is 12.3. The zero-order valence-corrected chi connectivity index (χ0v) is 16.7. The van der Waals surface area contributed by atoms with Gasteiger partial charge in [0.15, 0.2) is 5.75 Å². The highest BCUT2D eigenvalue weighted by molar-refractivity contribution is 7.20. The summed E-state index contributed by atoms with van der Waals surface area (Å²) in [6.45, 7) is 1.80. The van der Waals surface area contributed by atoms with Crippen LogP contribution in [0, 0.1) is 0 Å². The molecular formula is C19H24N4O4S. The second kappa shape index (κ2) is 8.94. The Morgan fingerprint density at radius 2 is 2.04 bits per heavy atom. The number of likely N-dealkylation sites (tertiary alicyclic amines) is 1.